The molecule has 0 radical (unpaired) electrons. The van der Waals surface area contributed by atoms with Crippen molar-refractivity contribution in [2.75, 3.05) is 16.8 Å². The van der Waals surface area contributed by atoms with Crippen LogP contribution in [0.4, 0.5) is 11.6 Å². The minimum atomic E-state index is -0.197. The van der Waals surface area contributed by atoms with Crippen molar-refractivity contribution in [3.05, 3.63) is 47.3 Å². The van der Waals surface area contributed by atoms with Gasteiger partial charge in [0.05, 0.1) is 0 Å². The Hall–Kier alpha value is -2.43. The molecular formula is C20H26N4O. The lowest BCUT2D eigenvalue weighted by Gasteiger charge is -2.35. The van der Waals surface area contributed by atoms with Gasteiger partial charge in [0.25, 0.3) is 5.91 Å². The molecule has 0 bridgehead atoms. The Morgan fingerprint density at radius 3 is 2.84 bits per heavy atom. The van der Waals surface area contributed by atoms with E-state index in [9.17, 15) is 4.79 Å². The van der Waals surface area contributed by atoms with Gasteiger partial charge in [0.15, 0.2) is 0 Å². The molecule has 1 fully saturated rings. The van der Waals surface area contributed by atoms with Gasteiger partial charge in [-0.25, -0.2) is 9.97 Å². The molecular weight excluding hydrogens is 312 g/mol. The third kappa shape index (κ3) is 3.98. The van der Waals surface area contributed by atoms with Crippen LogP contribution < -0.4 is 10.2 Å². The molecule has 0 spiro atoms. The minimum absolute atomic E-state index is 0.197. The number of carbonyl (C=O) groups is 1. The van der Waals surface area contributed by atoms with Crippen LogP contribution in [0.3, 0.4) is 0 Å². The normalized spacial score (nSPS) is 17.4. The maximum atomic E-state index is 12.6. The Morgan fingerprint density at radius 2 is 2.08 bits per heavy atom. The van der Waals surface area contributed by atoms with Crippen LogP contribution in [0.15, 0.2) is 30.5 Å². The van der Waals surface area contributed by atoms with Crippen LogP contribution in [0.5, 0.6) is 0 Å². The van der Waals surface area contributed by atoms with Gasteiger partial charge in [0.1, 0.15) is 5.69 Å². The van der Waals surface area contributed by atoms with Crippen molar-refractivity contribution in [1.29, 1.82) is 0 Å². The molecule has 0 aliphatic carbocycles. The summed E-state index contributed by atoms with van der Waals surface area (Å²) in [5.41, 5.74) is 3.56. The Morgan fingerprint density at radius 1 is 1.24 bits per heavy atom. The summed E-state index contributed by atoms with van der Waals surface area (Å²) in [7, 11) is 0. The fraction of sp³-hybridized carbons (Fsp3) is 0.450. The first-order chi connectivity index (χ1) is 12.1. The summed E-state index contributed by atoms with van der Waals surface area (Å²) in [4.78, 5) is 23.8. The van der Waals surface area contributed by atoms with Gasteiger partial charge < -0.3 is 10.2 Å². The molecule has 1 N–H and O–H groups in total. The zero-order valence-corrected chi connectivity index (χ0v) is 15.2. The summed E-state index contributed by atoms with van der Waals surface area (Å²) in [5.74, 6) is 0.469. The number of nitrogens with one attached hydrogen (secondary N) is 1. The summed E-state index contributed by atoms with van der Waals surface area (Å²) >= 11 is 0. The van der Waals surface area contributed by atoms with Crippen molar-refractivity contribution in [2.24, 2.45) is 0 Å². The first kappa shape index (κ1) is 17.4. The number of hydrogen-bond donors (Lipinski definition) is 1. The van der Waals surface area contributed by atoms with Gasteiger partial charge in [-0.3, -0.25) is 4.79 Å². The molecule has 5 heteroatoms. The second-order valence-corrected chi connectivity index (χ2v) is 6.75. The fourth-order valence-electron chi connectivity index (χ4n) is 3.32. The number of piperidine rings is 1. The first-order valence-corrected chi connectivity index (χ1v) is 9.06. The number of hydrogen-bond acceptors (Lipinski definition) is 4. The molecule has 132 valence electrons. The lowest BCUT2D eigenvalue weighted by atomic mass is 10.0. The van der Waals surface area contributed by atoms with E-state index in [1.807, 2.05) is 25.1 Å². The van der Waals surface area contributed by atoms with Gasteiger partial charge in [-0.15, -0.1) is 0 Å². The van der Waals surface area contributed by atoms with Crippen LogP contribution >= 0.6 is 0 Å². The van der Waals surface area contributed by atoms with Crippen LogP contribution in [0.1, 0.15) is 54.2 Å². The van der Waals surface area contributed by atoms with E-state index in [-0.39, 0.29) is 5.91 Å². The number of benzene rings is 1. The van der Waals surface area contributed by atoms with E-state index in [1.54, 1.807) is 12.3 Å². The van der Waals surface area contributed by atoms with Gasteiger partial charge in [0.2, 0.25) is 5.95 Å². The third-order valence-electron chi connectivity index (χ3n) is 5.00. The van der Waals surface area contributed by atoms with E-state index >= 15 is 0 Å². The fourth-order valence-corrected chi connectivity index (χ4v) is 3.32. The lowest BCUT2D eigenvalue weighted by molar-refractivity contribution is 0.102. The number of rotatable bonds is 4. The molecule has 1 atom stereocenters. The Balaban J connectivity index is 1.78. The van der Waals surface area contributed by atoms with Crippen LogP contribution in [0.25, 0.3) is 0 Å². The van der Waals surface area contributed by atoms with E-state index in [4.69, 9.17) is 0 Å². The molecule has 1 saturated heterocycles. The van der Waals surface area contributed by atoms with Crippen molar-refractivity contribution in [3.8, 4) is 0 Å². The van der Waals surface area contributed by atoms with Crippen LogP contribution in [-0.2, 0) is 0 Å². The van der Waals surface area contributed by atoms with Crippen molar-refractivity contribution in [3.63, 3.8) is 0 Å². The molecule has 1 aliphatic heterocycles. The van der Waals surface area contributed by atoms with E-state index < -0.39 is 0 Å². The Kier molecular flexibility index (Phi) is 5.31. The molecule has 1 aromatic carbocycles. The molecule has 3 rings (SSSR count). The average Bonchev–Trinajstić information content (AvgIpc) is 2.64. The van der Waals surface area contributed by atoms with Crippen LogP contribution in [0, 0.1) is 13.8 Å². The quantitative estimate of drug-likeness (QED) is 0.911. The maximum Gasteiger partial charge on any atom is 0.274 e. The number of aryl methyl sites for hydroxylation is 2. The first-order valence-electron chi connectivity index (χ1n) is 9.06. The number of aromatic nitrogens is 2. The molecule has 1 aromatic heterocycles. The predicted molar refractivity (Wildman–Crippen MR) is 101 cm³/mol. The van der Waals surface area contributed by atoms with Crippen molar-refractivity contribution >= 4 is 17.5 Å². The van der Waals surface area contributed by atoms with E-state index in [2.05, 4.69) is 34.0 Å². The summed E-state index contributed by atoms with van der Waals surface area (Å²) in [6, 6.07) is 8.04. The van der Waals surface area contributed by atoms with Crippen molar-refractivity contribution in [1.82, 2.24) is 9.97 Å². The monoisotopic (exact) mass is 338 g/mol. The maximum absolute atomic E-state index is 12.6. The smallest absolute Gasteiger partial charge is 0.274 e. The molecule has 1 aliphatic rings. The predicted octanol–water partition coefficient (Wildman–Crippen LogP) is 4.11. The zero-order chi connectivity index (χ0) is 17.8. The third-order valence-corrected chi connectivity index (χ3v) is 5.00. The summed E-state index contributed by atoms with van der Waals surface area (Å²) < 4.78 is 0. The molecule has 2 aromatic rings. The summed E-state index contributed by atoms with van der Waals surface area (Å²) in [6.45, 7) is 7.25. The van der Waals surface area contributed by atoms with Gasteiger partial charge in [-0.2, -0.15) is 0 Å². The van der Waals surface area contributed by atoms with Gasteiger partial charge in [-0.05, 0) is 68.9 Å². The van der Waals surface area contributed by atoms with Crippen LogP contribution in [-0.4, -0.2) is 28.5 Å². The summed E-state index contributed by atoms with van der Waals surface area (Å²) in [5, 5.41) is 2.93. The molecule has 5 nitrogen and oxygen atoms in total. The number of carbonyl (C=O) groups excluding carboxylic acids is 1. The van der Waals surface area contributed by atoms with Gasteiger partial charge >= 0.3 is 0 Å². The summed E-state index contributed by atoms with van der Waals surface area (Å²) in [6.07, 6.45) is 6.32. The average molecular weight is 338 g/mol. The number of amides is 1. The highest BCUT2D eigenvalue weighted by Gasteiger charge is 2.23. The minimum Gasteiger partial charge on any atom is -0.338 e. The van der Waals surface area contributed by atoms with Crippen LogP contribution in [0.2, 0.25) is 0 Å². The zero-order valence-electron chi connectivity index (χ0n) is 15.2. The highest BCUT2D eigenvalue weighted by molar-refractivity contribution is 6.03. The topological polar surface area (TPSA) is 58.1 Å². The lowest BCUT2D eigenvalue weighted by Crippen LogP contribution is -2.40. The van der Waals surface area contributed by atoms with Crippen molar-refractivity contribution in [2.45, 2.75) is 52.5 Å². The highest BCUT2D eigenvalue weighted by Crippen LogP contribution is 2.24. The molecule has 0 saturated carbocycles. The Bertz CT molecular complexity index is 759. The van der Waals surface area contributed by atoms with Gasteiger partial charge in [-0.1, -0.05) is 13.0 Å². The van der Waals surface area contributed by atoms with E-state index in [0.29, 0.717) is 17.7 Å². The molecule has 1 unspecified atom stereocenters. The second kappa shape index (κ2) is 7.64. The SMILES string of the molecule is CCC1CCCCN1c1nccc(C(=O)Nc2ccc(C)c(C)c2)n1. The largest absolute Gasteiger partial charge is 0.338 e. The Labute approximate surface area is 149 Å². The van der Waals surface area contributed by atoms with E-state index in [1.165, 1.54) is 18.4 Å². The number of nitrogens with zero attached hydrogens (tertiary/aromatic N) is 3. The van der Waals surface area contributed by atoms with Crippen molar-refractivity contribution < 1.29 is 4.79 Å². The molecule has 2 heterocycles. The molecule has 25 heavy (non-hydrogen) atoms. The van der Waals surface area contributed by atoms with E-state index in [0.717, 1.165) is 30.6 Å². The molecule has 1 amide bonds. The van der Waals surface area contributed by atoms with Gasteiger partial charge in [0, 0.05) is 24.5 Å². The standard InChI is InChI=1S/C20H26N4O/c1-4-17-7-5-6-12-24(17)20-21-11-10-18(23-20)19(25)22-16-9-8-14(2)15(3)13-16/h8-11,13,17H,4-7,12H2,1-3H3,(H,22,25). The number of anilines is 2. The highest BCUT2D eigenvalue weighted by atomic mass is 16.1. The second-order valence-electron chi connectivity index (χ2n) is 6.75.